The quantitative estimate of drug-likeness (QED) is 0.920. The van der Waals surface area contributed by atoms with E-state index in [9.17, 15) is 9.59 Å². The fraction of sp³-hybridized carbons (Fsp3) is 0.550. The van der Waals surface area contributed by atoms with Crippen LogP contribution in [0.15, 0.2) is 24.5 Å². The molecule has 1 aliphatic carbocycles. The van der Waals surface area contributed by atoms with E-state index < -0.39 is 0 Å². The molecule has 1 aliphatic heterocycles. The summed E-state index contributed by atoms with van der Waals surface area (Å²) in [6.07, 6.45) is 7.35. The molecule has 0 radical (unpaired) electrons. The van der Waals surface area contributed by atoms with Crippen molar-refractivity contribution in [1.29, 1.82) is 0 Å². The van der Waals surface area contributed by atoms with Crippen LogP contribution in [0.4, 0.5) is 0 Å². The largest absolute Gasteiger partial charge is 0.345 e. The summed E-state index contributed by atoms with van der Waals surface area (Å²) < 4.78 is 0. The van der Waals surface area contributed by atoms with Crippen LogP contribution in [0.25, 0.3) is 11.0 Å². The molecule has 0 bridgehead atoms. The van der Waals surface area contributed by atoms with Crippen molar-refractivity contribution >= 4 is 22.8 Å². The Morgan fingerprint density at radius 3 is 2.65 bits per heavy atom. The van der Waals surface area contributed by atoms with Crippen LogP contribution in [0, 0.1) is 5.92 Å². The predicted octanol–water partition coefficient (Wildman–Crippen LogP) is 2.36. The maximum Gasteiger partial charge on any atom is 0.227 e. The number of nitrogens with one attached hydrogen (secondary N) is 1. The molecule has 1 saturated carbocycles. The second-order valence-electron chi connectivity index (χ2n) is 7.47. The topological polar surface area (TPSA) is 69.3 Å². The number of aromatic nitrogens is 2. The number of nitrogens with zero attached hydrogens (tertiary/aromatic N) is 3. The summed E-state index contributed by atoms with van der Waals surface area (Å²) in [6, 6.07) is 5.90. The summed E-state index contributed by atoms with van der Waals surface area (Å²) in [5, 5.41) is 0. The molecule has 0 atom stereocenters. The van der Waals surface area contributed by atoms with Crippen molar-refractivity contribution in [2.75, 3.05) is 26.2 Å². The summed E-state index contributed by atoms with van der Waals surface area (Å²) in [7, 11) is 0. The van der Waals surface area contributed by atoms with E-state index >= 15 is 0 Å². The van der Waals surface area contributed by atoms with Crippen LogP contribution in [-0.4, -0.2) is 57.8 Å². The zero-order valence-corrected chi connectivity index (χ0v) is 15.1. The molecule has 26 heavy (non-hydrogen) atoms. The van der Waals surface area contributed by atoms with Crippen molar-refractivity contribution in [1.82, 2.24) is 19.8 Å². The van der Waals surface area contributed by atoms with Crippen molar-refractivity contribution in [3.8, 4) is 0 Å². The average molecular weight is 354 g/mol. The van der Waals surface area contributed by atoms with E-state index in [1.165, 1.54) is 12.8 Å². The average Bonchev–Trinajstić information content (AvgIpc) is 3.28. The first-order valence-electron chi connectivity index (χ1n) is 9.69. The fourth-order valence-corrected chi connectivity index (χ4v) is 4.20. The molecule has 1 aromatic carbocycles. The third kappa shape index (κ3) is 3.59. The summed E-state index contributed by atoms with van der Waals surface area (Å²) >= 11 is 0. The Bertz CT molecular complexity index is 794. The first-order chi connectivity index (χ1) is 12.7. The van der Waals surface area contributed by atoms with Crippen LogP contribution in [0.2, 0.25) is 0 Å². The zero-order valence-electron chi connectivity index (χ0n) is 15.1. The maximum absolute atomic E-state index is 12.7. The minimum atomic E-state index is 0.138. The Balaban J connectivity index is 1.35. The highest BCUT2D eigenvalue weighted by Crippen LogP contribution is 2.27. The molecule has 2 aliphatic rings. The van der Waals surface area contributed by atoms with Gasteiger partial charge >= 0.3 is 0 Å². The number of carbonyl (C=O) groups excluding carboxylic acids is 2. The van der Waals surface area contributed by atoms with Gasteiger partial charge in [0.1, 0.15) is 0 Å². The van der Waals surface area contributed by atoms with Crippen LogP contribution in [-0.2, 0) is 16.0 Å². The lowest BCUT2D eigenvalue weighted by Gasteiger charge is -2.24. The van der Waals surface area contributed by atoms with Gasteiger partial charge in [-0.1, -0.05) is 18.9 Å². The Morgan fingerprint density at radius 2 is 1.81 bits per heavy atom. The molecule has 1 saturated heterocycles. The Morgan fingerprint density at radius 1 is 1.04 bits per heavy atom. The summed E-state index contributed by atoms with van der Waals surface area (Å²) in [6.45, 7) is 2.82. The molecule has 0 unspecified atom stereocenters. The summed E-state index contributed by atoms with van der Waals surface area (Å²) in [5.74, 6) is 0.666. The van der Waals surface area contributed by atoms with Crippen LogP contribution in [0.1, 0.15) is 37.7 Å². The number of carbonyl (C=O) groups is 2. The Hall–Kier alpha value is -2.37. The van der Waals surface area contributed by atoms with Gasteiger partial charge in [0.15, 0.2) is 0 Å². The van der Waals surface area contributed by atoms with Gasteiger partial charge in [0, 0.05) is 32.1 Å². The first-order valence-corrected chi connectivity index (χ1v) is 9.69. The van der Waals surface area contributed by atoms with E-state index in [4.69, 9.17) is 0 Å². The third-order valence-corrected chi connectivity index (χ3v) is 5.70. The highest BCUT2D eigenvalue weighted by Gasteiger charge is 2.29. The van der Waals surface area contributed by atoms with Crippen LogP contribution in [0.5, 0.6) is 0 Å². The van der Waals surface area contributed by atoms with E-state index in [2.05, 4.69) is 9.97 Å². The van der Waals surface area contributed by atoms with E-state index in [0.29, 0.717) is 25.4 Å². The highest BCUT2D eigenvalue weighted by molar-refractivity contribution is 5.82. The van der Waals surface area contributed by atoms with Gasteiger partial charge in [-0.2, -0.15) is 0 Å². The van der Waals surface area contributed by atoms with E-state index in [0.717, 1.165) is 48.9 Å². The van der Waals surface area contributed by atoms with Crippen LogP contribution < -0.4 is 0 Å². The summed E-state index contributed by atoms with van der Waals surface area (Å²) in [4.78, 5) is 36.6. The van der Waals surface area contributed by atoms with Crippen molar-refractivity contribution < 1.29 is 9.59 Å². The van der Waals surface area contributed by atoms with Crippen molar-refractivity contribution in [3.05, 3.63) is 30.1 Å². The Labute approximate surface area is 153 Å². The highest BCUT2D eigenvalue weighted by atomic mass is 16.2. The van der Waals surface area contributed by atoms with Gasteiger partial charge in [-0.25, -0.2) is 4.98 Å². The second kappa shape index (κ2) is 7.48. The molecule has 2 aromatic rings. The maximum atomic E-state index is 12.7. The first kappa shape index (κ1) is 17.1. The number of benzene rings is 1. The fourth-order valence-electron chi connectivity index (χ4n) is 4.20. The van der Waals surface area contributed by atoms with Gasteiger partial charge in [-0.15, -0.1) is 0 Å². The normalized spacial score (nSPS) is 19.1. The molecule has 6 heteroatoms. The monoisotopic (exact) mass is 354 g/mol. The molecule has 2 amide bonds. The number of aromatic amines is 1. The number of imidazole rings is 1. The molecule has 6 nitrogen and oxygen atoms in total. The number of hydrogen-bond acceptors (Lipinski definition) is 3. The predicted molar refractivity (Wildman–Crippen MR) is 99.5 cm³/mol. The van der Waals surface area contributed by atoms with E-state index in [1.54, 1.807) is 6.33 Å². The molecular formula is C20H26N4O2. The molecule has 1 aromatic heterocycles. The van der Waals surface area contributed by atoms with Crippen molar-refractivity contribution in [3.63, 3.8) is 0 Å². The lowest BCUT2D eigenvalue weighted by Crippen LogP contribution is -2.39. The molecule has 138 valence electrons. The van der Waals surface area contributed by atoms with Gasteiger partial charge in [-0.05, 0) is 37.0 Å². The van der Waals surface area contributed by atoms with Gasteiger partial charge in [-0.3, -0.25) is 9.59 Å². The molecule has 2 fully saturated rings. The third-order valence-electron chi connectivity index (χ3n) is 5.70. The molecular weight excluding hydrogens is 328 g/mol. The molecule has 4 rings (SSSR count). The van der Waals surface area contributed by atoms with Crippen molar-refractivity contribution in [2.45, 2.75) is 38.5 Å². The smallest absolute Gasteiger partial charge is 0.227 e. The van der Waals surface area contributed by atoms with Crippen molar-refractivity contribution in [2.24, 2.45) is 5.92 Å². The second-order valence-corrected chi connectivity index (χ2v) is 7.47. The number of H-pyrrole nitrogens is 1. The zero-order chi connectivity index (χ0) is 17.9. The molecule has 2 heterocycles. The molecule has 1 N–H and O–H groups in total. The number of hydrogen-bond donors (Lipinski definition) is 1. The van der Waals surface area contributed by atoms with Crippen LogP contribution >= 0.6 is 0 Å². The van der Waals surface area contributed by atoms with Gasteiger partial charge in [0.05, 0.1) is 23.8 Å². The van der Waals surface area contributed by atoms with Gasteiger partial charge < -0.3 is 14.8 Å². The van der Waals surface area contributed by atoms with Crippen LogP contribution in [0.3, 0.4) is 0 Å². The lowest BCUT2D eigenvalue weighted by atomic mass is 10.1. The SMILES string of the molecule is O=C(Cc1ccc2nc[nH]c2c1)N1CCCN(C(=O)C2CCCC2)CC1. The lowest BCUT2D eigenvalue weighted by molar-refractivity contribution is -0.136. The molecule has 0 spiro atoms. The van der Waals surface area contributed by atoms with E-state index in [-0.39, 0.29) is 11.8 Å². The number of amides is 2. The number of rotatable bonds is 3. The number of fused-ring (bicyclic) bond motifs is 1. The minimum Gasteiger partial charge on any atom is -0.345 e. The van der Waals surface area contributed by atoms with E-state index in [1.807, 2.05) is 28.0 Å². The Kier molecular flexibility index (Phi) is 4.91. The van der Waals surface area contributed by atoms with Gasteiger partial charge in [0.2, 0.25) is 11.8 Å². The standard InChI is InChI=1S/C20H26N4O2/c25-19(13-15-6-7-17-18(12-15)22-14-21-17)23-8-3-9-24(11-10-23)20(26)16-4-1-2-5-16/h6-7,12,14,16H,1-5,8-11,13H2,(H,21,22). The summed E-state index contributed by atoms with van der Waals surface area (Å²) in [5.41, 5.74) is 2.87. The minimum absolute atomic E-state index is 0.138. The van der Waals surface area contributed by atoms with Gasteiger partial charge in [0.25, 0.3) is 0 Å².